The molecular weight excluding hydrogens is 238 g/mol. The van der Waals surface area contributed by atoms with Crippen molar-refractivity contribution in [3.8, 4) is 0 Å². The van der Waals surface area contributed by atoms with Gasteiger partial charge in [-0.1, -0.05) is 30.3 Å². The largest absolute Gasteiger partial charge is 0.367 e. The van der Waals surface area contributed by atoms with Crippen molar-refractivity contribution in [3.63, 3.8) is 0 Å². The number of nitrogen functional groups attached to an aromatic ring is 1. The van der Waals surface area contributed by atoms with Gasteiger partial charge in [0.1, 0.15) is 17.5 Å². The standard InChI is InChI=1S/C14H19N5/c1-10(8-12-6-4-3-5-7-12)16-13-9-14(19-15)18-11(2)17-13/h3-7,9-10H,8,15H2,1-2H3,(H2,16,17,18,19). The highest BCUT2D eigenvalue weighted by Gasteiger charge is 2.06. The van der Waals surface area contributed by atoms with Crippen molar-refractivity contribution < 1.29 is 0 Å². The van der Waals surface area contributed by atoms with E-state index >= 15 is 0 Å². The maximum absolute atomic E-state index is 5.37. The maximum atomic E-state index is 5.37. The van der Waals surface area contributed by atoms with E-state index in [0.717, 1.165) is 12.2 Å². The molecule has 0 aliphatic carbocycles. The molecule has 0 amide bonds. The first-order chi connectivity index (χ1) is 9.17. The molecule has 19 heavy (non-hydrogen) atoms. The quantitative estimate of drug-likeness (QED) is 0.565. The summed E-state index contributed by atoms with van der Waals surface area (Å²) in [6.45, 7) is 3.97. The predicted molar refractivity (Wildman–Crippen MR) is 77.8 cm³/mol. The Kier molecular flexibility index (Phi) is 4.30. The molecule has 100 valence electrons. The Labute approximate surface area is 113 Å². The zero-order valence-electron chi connectivity index (χ0n) is 11.2. The van der Waals surface area contributed by atoms with E-state index in [4.69, 9.17) is 5.84 Å². The molecule has 1 unspecified atom stereocenters. The molecule has 0 spiro atoms. The van der Waals surface area contributed by atoms with Gasteiger partial charge >= 0.3 is 0 Å². The smallest absolute Gasteiger partial charge is 0.145 e. The molecule has 0 aliphatic rings. The molecule has 1 aromatic heterocycles. The molecule has 2 aromatic rings. The van der Waals surface area contributed by atoms with Gasteiger partial charge in [0, 0.05) is 12.1 Å². The maximum Gasteiger partial charge on any atom is 0.145 e. The van der Waals surface area contributed by atoms with E-state index in [2.05, 4.69) is 39.8 Å². The number of aromatic nitrogens is 2. The fraction of sp³-hybridized carbons (Fsp3) is 0.286. The number of aryl methyl sites for hydroxylation is 1. The lowest BCUT2D eigenvalue weighted by molar-refractivity contribution is 0.782. The van der Waals surface area contributed by atoms with Crippen LogP contribution in [0.2, 0.25) is 0 Å². The number of nitrogens with zero attached hydrogens (tertiary/aromatic N) is 2. The molecule has 5 heteroatoms. The number of rotatable bonds is 5. The van der Waals surface area contributed by atoms with E-state index in [-0.39, 0.29) is 6.04 Å². The van der Waals surface area contributed by atoms with Crippen LogP contribution in [-0.2, 0) is 6.42 Å². The van der Waals surface area contributed by atoms with Gasteiger partial charge in [0.15, 0.2) is 0 Å². The number of hydrazine groups is 1. The lowest BCUT2D eigenvalue weighted by Gasteiger charge is -2.15. The highest BCUT2D eigenvalue weighted by atomic mass is 15.3. The van der Waals surface area contributed by atoms with Crippen molar-refractivity contribution in [1.29, 1.82) is 0 Å². The van der Waals surface area contributed by atoms with Crippen molar-refractivity contribution in [2.24, 2.45) is 5.84 Å². The Morgan fingerprint density at radius 1 is 1.16 bits per heavy atom. The zero-order valence-corrected chi connectivity index (χ0v) is 11.2. The van der Waals surface area contributed by atoms with Crippen molar-refractivity contribution in [3.05, 3.63) is 47.8 Å². The van der Waals surface area contributed by atoms with Crippen LogP contribution in [0.3, 0.4) is 0 Å². The van der Waals surface area contributed by atoms with E-state index < -0.39 is 0 Å². The molecule has 0 aliphatic heterocycles. The van der Waals surface area contributed by atoms with Gasteiger partial charge in [-0.25, -0.2) is 15.8 Å². The highest BCUT2D eigenvalue weighted by molar-refractivity contribution is 5.47. The monoisotopic (exact) mass is 257 g/mol. The lowest BCUT2D eigenvalue weighted by Crippen LogP contribution is -2.20. The Bertz CT molecular complexity index is 527. The third-order valence-electron chi connectivity index (χ3n) is 2.76. The molecule has 0 bridgehead atoms. The average molecular weight is 257 g/mol. The number of nitrogens with two attached hydrogens (primary N) is 1. The lowest BCUT2D eigenvalue weighted by atomic mass is 10.1. The number of anilines is 2. The van der Waals surface area contributed by atoms with Crippen LogP contribution < -0.4 is 16.6 Å². The summed E-state index contributed by atoms with van der Waals surface area (Å²) in [6, 6.07) is 12.4. The fourth-order valence-electron chi connectivity index (χ4n) is 1.99. The summed E-state index contributed by atoms with van der Waals surface area (Å²) in [5.41, 5.74) is 3.84. The van der Waals surface area contributed by atoms with Gasteiger partial charge in [-0.15, -0.1) is 0 Å². The van der Waals surface area contributed by atoms with Gasteiger partial charge in [-0.05, 0) is 25.8 Å². The van der Waals surface area contributed by atoms with Crippen LogP contribution in [0.1, 0.15) is 18.3 Å². The van der Waals surface area contributed by atoms with E-state index in [0.29, 0.717) is 11.6 Å². The minimum atomic E-state index is 0.280. The molecule has 1 atom stereocenters. The van der Waals surface area contributed by atoms with Gasteiger partial charge < -0.3 is 10.7 Å². The zero-order chi connectivity index (χ0) is 13.7. The van der Waals surface area contributed by atoms with Crippen molar-refractivity contribution >= 4 is 11.6 Å². The summed E-state index contributed by atoms with van der Waals surface area (Å²) < 4.78 is 0. The molecule has 5 nitrogen and oxygen atoms in total. The van der Waals surface area contributed by atoms with Gasteiger partial charge in [0.05, 0.1) is 0 Å². The molecule has 4 N–H and O–H groups in total. The van der Waals surface area contributed by atoms with Gasteiger partial charge in [-0.3, -0.25) is 0 Å². The third kappa shape index (κ3) is 3.93. The summed E-state index contributed by atoms with van der Waals surface area (Å²) in [5.74, 6) is 7.45. The first kappa shape index (κ1) is 13.3. The predicted octanol–water partition coefficient (Wildman–Crippen LogP) is 2.11. The number of hydrogen-bond acceptors (Lipinski definition) is 5. The Morgan fingerprint density at radius 2 is 1.84 bits per heavy atom. The first-order valence-electron chi connectivity index (χ1n) is 6.30. The van der Waals surface area contributed by atoms with Crippen molar-refractivity contribution in [1.82, 2.24) is 9.97 Å². The Balaban J connectivity index is 2.02. The minimum Gasteiger partial charge on any atom is -0.367 e. The van der Waals surface area contributed by atoms with Crippen LogP contribution in [0.25, 0.3) is 0 Å². The second-order valence-corrected chi connectivity index (χ2v) is 4.57. The van der Waals surface area contributed by atoms with E-state index in [1.807, 2.05) is 25.1 Å². The third-order valence-corrected chi connectivity index (χ3v) is 2.76. The second-order valence-electron chi connectivity index (χ2n) is 4.57. The molecule has 2 rings (SSSR count). The molecule has 0 saturated carbocycles. The normalized spacial score (nSPS) is 11.9. The topological polar surface area (TPSA) is 75.9 Å². The van der Waals surface area contributed by atoms with E-state index in [1.165, 1.54) is 5.56 Å². The number of nitrogens with one attached hydrogen (secondary N) is 2. The average Bonchev–Trinajstić information content (AvgIpc) is 2.38. The molecular formula is C14H19N5. The molecule has 0 saturated heterocycles. The van der Waals surface area contributed by atoms with Crippen LogP contribution in [-0.4, -0.2) is 16.0 Å². The van der Waals surface area contributed by atoms with Crippen LogP contribution >= 0.6 is 0 Å². The minimum absolute atomic E-state index is 0.280. The summed E-state index contributed by atoms with van der Waals surface area (Å²) in [4.78, 5) is 8.50. The number of benzene rings is 1. The van der Waals surface area contributed by atoms with Crippen molar-refractivity contribution in [2.45, 2.75) is 26.3 Å². The summed E-state index contributed by atoms with van der Waals surface area (Å²) in [5, 5.41) is 3.36. The van der Waals surface area contributed by atoms with Crippen molar-refractivity contribution in [2.75, 3.05) is 10.7 Å². The Hall–Kier alpha value is -2.14. The second kappa shape index (κ2) is 6.15. The molecule has 0 radical (unpaired) electrons. The molecule has 1 aromatic carbocycles. The van der Waals surface area contributed by atoms with Crippen LogP contribution in [0, 0.1) is 6.92 Å². The van der Waals surface area contributed by atoms with Crippen LogP contribution in [0.15, 0.2) is 36.4 Å². The summed E-state index contributed by atoms with van der Waals surface area (Å²) >= 11 is 0. The van der Waals surface area contributed by atoms with Gasteiger partial charge in [-0.2, -0.15) is 0 Å². The Morgan fingerprint density at radius 3 is 2.53 bits per heavy atom. The highest BCUT2D eigenvalue weighted by Crippen LogP contribution is 2.12. The first-order valence-corrected chi connectivity index (χ1v) is 6.30. The summed E-state index contributed by atoms with van der Waals surface area (Å²) in [7, 11) is 0. The van der Waals surface area contributed by atoms with E-state index in [1.54, 1.807) is 6.07 Å². The van der Waals surface area contributed by atoms with Crippen LogP contribution in [0.5, 0.6) is 0 Å². The van der Waals surface area contributed by atoms with Crippen LogP contribution in [0.4, 0.5) is 11.6 Å². The molecule has 1 heterocycles. The number of hydrogen-bond donors (Lipinski definition) is 3. The fourth-order valence-corrected chi connectivity index (χ4v) is 1.99. The SMILES string of the molecule is Cc1nc(NN)cc(NC(C)Cc2ccccc2)n1. The molecule has 0 fully saturated rings. The van der Waals surface area contributed by atoms with Gasteiger partial charge in [0.25, 0.3) is 0 Å². The van der Waals surface area contributed by atoms with E-state index in [9.17, 15) is 0 Å². The summed E-state index contributed by atoms with van der Waals surface area (Å²) in [6.07, 6.45) is 0.940. The van der Waals surface area contributed by atoms with Gasteiger partial charge in [0.2, 0.25) is 0 Å².